The largest absolute Gasteiger partial charge is 0.355 e. The Bertz CT molecular complexity index is 447. The number of para-hydroxylation sites is 1. The zero-order valence-electron chi connectivity index (χ0n) is 13.1. The Morgan fingerprint density at radius 2 is 1.26 bits per heavy atom. The molecule has 0 aliphatic rings. The molecule has 2 aromatic carbocycles. The second kappa shape index (κ2) is 10.2. The van der Waals surface area contributed by atoms with Crippen LogP contribution in [0.1, 0.15) is 38.8 Å². The van der Waals surface area contributed by atoms with E-state index >= 15 is 0 Å². The lowest BCUT2D eigenvalue weighted by Crippen LogP contribution is -1.94. The van der Waals surface area contributed by atoms with Crippen molar-refractivity contribution in [1.29, 1.82) is 0 Å². The lowest BCUT2D eigenvalue weighted by molar-refractivity contribution is 1.33. The van der Waals surface area contributed by atoms with E-state index in [0.29, 0.717) is 0 Å². The lowest BCUT2D eigenvalue weighted by atomic mass is 10.1. The number of hydrogen-bond donors (Lipinski definition) is 1. The predicted molar refractivity (Wildman–Crippen MR) is 88.3 cm³/mol. The van der Waals surface area contributed by atoms with Gasteiger partial charge in [0.15, 0.2) is 0 Å². The van der Waals surface area contributed by atoms with Crippen molar-refractivity contribution < 1.29 is 0 Å². The Labute approximate surface area is 118 Å². The Kier molecular flexibility index (Phi) is 9.25. The van der Waals surface area contributed by atoms with Crippen molar-refractivity contribution in [2.24, 2.45) is 0 Å². The van der Waals surface area contributed by atoms with Gasteiger partial charge in [0.2, 0.25) is 0 Å². The van der Waals surface area contributed by atoms with E-state index in [2.05, 4.69) is 49.5 Å². The Balaban J connectivity index is 0.000000741. The van der Waals surface area contributed by atoms with Gasteiger partial charge in [-0.25, -0.2) is 0 Å². The molecule has 0 amide bonds. The predicted octanol–water partition coefficient (Wildman–Crippen LogP) is 6.10. The van der Waals surface area contributed by atoms with Crippen LogP contribution < -0.4 is 5.32 Å². The summed E-state index contributed by atoms with van der Waals surface area (Å²) in [6.07, 6.45) is 0. The van der Waals surface area contributed by atoms with Crippen molar-refractivity contribution in [3.8, 4) is 0 Å². The number of rotatable bonds is 2. The first-order chi connectivity index (χ1) is 9.27. The smallest absolute Gasteiger partial charge is 0.0416 e. The number of hydrogen-bond acceptors (Lipinski definition) is 1. The minimum atomic E-state index is 1.13. The summed E-state index contributed by atoms with van der Waals surface area (Å²) in [6, 6.07) is 16.5. The molecule has 0 saturated carbocycles. The van der Waals surface area contributed by atoms with E-state index in [1.807, 2.05) is 45.9 Å². The fourth-order valence-electron chi connectivity index (χ4n) is 1.56. The van der Waals surface area contributed by atoms with Crippen molar-refractivity contribution >= 4 is 11.4 Å². The fourth-order valence-corrected chi connectivity index (χ4v) is 1.56. The SMILES string of the molecule is CC.CC.Cc1cccc(Nc2ccccc2)c1C. The molecule has 0 atom stereocenters. The molecule has 19 heavy (non-hydrogen) atoms. The number of benzene rings is 2. The van der Waals surface area contributed by atoms with E-state index in [9.17, 15) is 0 Å². The topological polar surface area (TPSA) is 12.0 Å². The molecule has 0 saturated heterocycles. The summed E-state index contributed by atoms with van der Waals surface area (Å²) in [4.78, 5) is 0. The van der Waals surface area contributed by atoms with Crippen molar-refractivity contribution in [2.75, 3.05) is 5.32 Å². The van der Waals surface area contributed by atoms with Crippen molar-refractivity contribution in [3.63, 3.8) is 0 Å². The van der Waals surface area contributed by atoms with Crippen LogP contribution in [0.25, 0.3) is 0 Å². The Morgan fingerprint density at radius 3 is 1.84 bits per heavy atom. The first-order valence-electron chi connectivity index (χ1n) is 7.15. The minimum Gasteiger partial charge on any atom is -0.355 e. The minimum absolute atomic E-state index is 1.13. The highest BCUT2D eigenvalue weighted by molar-refractivity contribution is 5.64. The summed E-state index contributed by atoms with van der Waals surface area (Å²) in [5, 5.41) is 3.41. The summed E-state index contributed by atoms with van der Waals surface area (Å²) in [5.41, 5.74) is 4.93. The first kappa shape index (κ1) is 17.2. The standard InChI is InChI=1S/C14H15N.2C2H6/c1-11-7-6-10-14(12(11)2)15-13-8-4-3-5-9-13;2*1-2/h3-10,15H,1-2H3;2*1-2H3. The summed E-state index contributed by atoms with van der Waals surface area (Å²) >= 11 is 0. The Morgan fingerprint density at radius 1 is 0.684 bits per heavy atom. The van der Waals surface area contributed by atoms with Crippen LogP contribution in [0.15, 0.2) is 48.5 Å². The van der Waals surface area contributed by atoms with E-state index in [1.54, 1.807) is 0 Å². The third-order valence-corrected chi connectivity index (χ3v) is 2.66. The Hall–Kier alpha value is -1.76. The maximum absolute atomic E-state index is 3.41. The molecule has 0 spiro atoms. The average Bonchev–Trinajstić information content (AvgIpc) is 2.49. The molecule has 0 fully saturated rings. The molecule has 0 unspecified atom stereocenters. The summed E-state index contributed by atoms with van der Waals surface area (Å²) in [6.45, 7) is 12.3. The molecule has 2 aromatic rings. The van der Waals surface area contributed by atoms with Crippen LogP contribution in [0.5, 0.6) is 0 Å². The molecule has 0 aliphatic heterocycles. The lowest BCUT2D eigenvalue weighted by Gasteiger charge is -2.11. The van der Waals surface area contributed by atoms with Gasteiger partial charge in [-0.2, -0.15) is 0 Å². The molecule has 0 bridgehead atoms. The van der Waals surface area contributed by atoms with Gasteiger partial charge in [0.1, 0.15) is 0 Å². The highest BCUT2D eigenvalue weighted by Gasteiger charge is 1.99. The van der Waals surface area contributed by atoms with E-state index in [1.165, 1.54) is 16.8 Å². The molecule has 2 rings (SSSR count). The summed E-state index contributed by atoms with van der Waals surface area (Å²) < 4.78 is 0. The van der Waals surface area contributed by atoms with Gasteiger partial charge in [0, 0.05) is 11.4 Å². The molecule has 0 heterocycles. The zero-order chi connectivity index (χ0) is 14.7. The van der Waals surface area contributed by atoms with E-state index in [4.69, 9.17) is 0 Å². The van der Waals surface area contributed by atoms with Crippen LogP contribution in [0.3, 0.4) is 0 Å². The van der Waals surface area contributed by atoms with Crippen LogP contribution in [-0.2, 0) is 0 Å². The molecule has 1 heteroatoms. The molecule has 0 aromatic heterocycles. The van der Waals surface area contributed by atoms with Crippen molar-refractivity contribution in [3.05, 3.63) is 59.7 Å². The number of anilines is 2. The van der Waals surface area contributed by atoms with Gasteiger partial charge >= 0.3 is 0 Å². The van der Waals surface area contributed by atoms with Gasteiger partial charge in [0.25, 0.3) is 0 Å². The van der Waals surface area contributed by atoms with Gasteiger partial charge in [-0.15, -0.1) is 0 Å². The maximum atomic E-state index is 3.41. The molecule has 104 valence electrons. The normalized spacial score (nSPS) is 8.53. The van der Waals surface area contributed by atoms with Gasteiger partial charge in [-0.05, 0) is 43.2 Å². The second-order valence-corrected chi connectivity index (χ2v) is 3.74. The quantitative estimate of drug-likeness (QED) is 0.685. The number of nitrogens with one attached hydrogen (secondary N) is 1. The van der Waals surface area contributed by atoms with Gasteiger partial charge in [-0.3, -0.25) is 0 Å². The number of aryl methyl sites for hydroxylation is 1. The van der Waals surface area contributed by atoms with Gasteiger partial charge in [0.05, 0.1) is 0 Å². The summed E-state index contributed by atoms with van der Waals surface area (Å²) in [5.74, 6) is 0. The van der Waals surface area contributed by atoms with Crippen molar-refractivity contribution in [2.45, 2.75) is 41.5 Å². The molecular weight excluding hydrogens is 230 g/mol. The molecule has 0 radical (unpaired) electrons. The summed E-state index contributed by atoms with van der Waals surface area (Å²) in [7, 11) is 0. The van der Waals surface area contributed by atoms with E-state index in [0.717, 1.165) is 5.69 Å². The first-order valence-corrected chi connectivity index (χ1v) is 7.15. The third kappa shape index (κ3) is 5.60. The van der Waals surface area contributed by atoms with E-state index < -0.39 is 0 Å². The molecular formula is C18H27N. The highest BCUT2D eigenvalue weighted by atomic mass is 14.9. The molecule has 0 aliphatic carbocycles. The van der Waals surface area contributed by atoms with Crippen LogP contribution in [-0.4, -0.2) is 0 Å². The van der Waals surface area contributed by atoms with Crippen LogP contribution in [0.2, 0.25) is 0 Å². The average molecular weight is 257 g/mol. The fraction of sp³-hybridized carbons (Fsp3) is 0.333. The van der Waals surface area contributed by atoms with E-state index in [-0.39, 0.29) is 0 Å². The van der Waals surface area contributed by atoms with Gasteiger partial charge in [-0.1, -0.05) is 58.0 Å². The van der Waals surface area contributed by atoms with Gasteiger partial charge < -0.3 is 5.32 Å². The second-order valence-electron chi connectivity index (χ2n) is 3.74. The van der Waals surface area contributed by atoms with Crippen LogP contribution >= 0.6 is 0 Å². The molecule has 1 nitrogen and oxygen atoms in total. The third-order valence-electron chi connectivity index (χ3n) is 2.66. The monoisotopic (exact) mass is 257 g/mol. The molecule has 1 N–H and O–H groups in total. The maximum Gasteiger partial charge on any atom is 0.0416 e. The van der Waals surface area contributed by atoms with Crippen LogP contribution in [0, 0.1) is 13.8 Å². The zero-order valence-corrected chi connectivity index (χ0v) is 13.1. The highest BCUT2D eigenvalue weighted by Crippen LogP contribution is 2.22. The van der Waals surface area contributed by atoms with Crippen molar-refractivity contribution in [1.82, 2.24) is 0 Å². The van der Waals surface area contributed by atoms with Crippen LogP contribution in [0.4, 0.5) is 11.4 Å².